The second kappa shape index (κ2) is 9.30. The van der Waals surface area contributed by atoms with Crippen LogP contribution in [0.2, 0.25) is 0 Å². The smallest absolute Gasteiger partial charge is 0.355 e. The highest BCUT2D eigenvalue weighted by Gasteiger charge is 2.31. The maximum absolute atomic E-state index is 13.3. The van der Waals surface area contributed by atoms with Crippen LogP contribution in [-0.4, -0.2) is 42.0 Å². The molecule has 1 N–H and O–H groups in total. The largest absolute Gasteiger partial charge is 0.417 e. The summed E-state index contributed by atoms with van der Waals surface area (Å²) in [4.78, 5) is 21.0. The molecule has 8 heteroatoms. The molecule has 1 aliphatic heterocycles. The molecule has 1 aliphatic rings. The molecule has 0 bridgehead atoms. The topological polar surface area (TPSA) is 48.5 Å². The first kappa shape index (κ1) is 21.7. The van der Waals surface area contributed by atoms with Crippen LogP contribution in [0.25, 0.3) is 0 Å². The number of rotatable bonds is 4. The molecule has 3 aromatic rings. The van der Waals surface area contributed by atoms with E-state index in [1.165, 1.54) is 6.07 Å². The van der Waals surface area contributed by atoms with Gasteiger partial charge in [-0.1, -0.05) is 30.3 Å². The van der Waals surface area contributed by atoms with E-state index >= 15 is 0 Å². The van der Waals surface area contributed by atoms with Crippen LogP contribution in [0.15, 0.2) is 72.9 Å². The van der Waals surface area contributed by atoms with Gasteiger partial charge in [0.1, 0.15) is 5.82 Å². The highest BCUT2D eigenvalue weighted by atomic mass is 19.4. The molecule has 1 amide bonds. The van der Waals surface area contributed by atoms with Gasteiger partial charge >= 0.3 is 6.18 Å². The Labute approximate surface area is 184 Å². The maximum atomic E-state index is 13.3. The number of anilines is 3. The van der Waals surface area contributed by atoms with Crippen LogP contribution in [0.4, 0.5) is 30.4 Å². The fraction of sp³-hybridized carbons (Fsp3) is 0.250. The first-order valence-corrected chi connectivity index (χ1v) is 10.4. The predicted octanol–water partition coefficient (Wildman–Crippen LogP) is 5.20. The summed E-state index contributed by atoms with van der Waals surface area (Å²) >= 11 is 0. The quantitative estimate of drug-likeness (QED) is 0.606. The van der Waals surface area contributed by atoms with Crippen molar-refractivity contribution in [3.63, 3.8) is 0 Å². The lowest BCUT2D eigenvalue weighted by atomic mass is 10.1. The highest BCUT2D eigenvalue weighted by Crippen LogP contribution is 2.29. The van der Waals surface area contributed by atoms with Crippen molar-refractivity contribution in [3.8, 4) is 0 Å². The average Bonchev–Trinajstić information content (AvgIpc) is 3.06. The van der Waals surface area contributed by atoms with Gasteiger partial charge in [-0.15, -0.1) is 0 Å². The minimum atomic E-state index is -4.41. The van der Waals surface area contributed by atoms with Gasteiger partial charge in [-0.25, -0.2) is 4.98 Å². The number of nitrogens with one attached hydrogen (secondary N) is 1. The number of pyridine rings is 1. The number of hydrogen-bond acceptors (Lipinski definition) is 4. The van der Waals surface area contributed by atoms with Crippen molar-refractivity contribution in [2.45, 2.75) is 12.6 Å². The van der Waals surface area contributed by atoms with E-state index in [9.17, 15) is 18.0 Å². The Kier molecular flexibility index (Phi) is 6.30. The minimum Gasteiger partial charge on any atom is -0.355 e. The molecule has 1 fully saturated rings. The minimum absolute atomic E-state index is 0.0775. The van der Waals surface area contributed by atoms with E-state index in [1.807, 2.05) is 53.4 Å². The van der Waals surface area contributed by atoms with Crippen LogP contribution >= 0.6 is 0 Å². The molecule has 2 heterocycles. The van der Waals surface area contributed by atoms with Crippen LogP contribution < -0.4 is 10.2 Å². The molecular formula is C24H23F3N4O. The number of halogens is 3. The van der Waals surface area contributed by atoms with Crippen molar-refractivity contribution < 1.29 is 18.0 Å². The summed E-state index contributed by atoms with van der Waals surface area (Å²) in [5.74, 6) is 0.407. The second-order valence-electron chi connectivity index (χ2n) is 7.57. The average molecular weight is 440 g/mol. The Morgan fingerprint density at radius 3 is 2.34 bits per heavy atom. The Morgan fingerprint density at radius 2 is 1.62 bits per heavy atom. The van der Waals surface area contributed by atoms with Crippen molar-refractivity contribution >= 4 is 23.1 Å². The number of hydrogen-bond donors (Lipinski definition) is 1. The van der Waals surface area contributed by atoms with Gasteiger partial charge in [0.2, 0.25) is 0 Å². The molecule has 2 aromatic carbocycles. The predicted molar refractivity (Wildman–Crippen MR) is 118 cm³/mol. The second-order valence-corrected chi connectivity index (χ2v) is 7.57. The molecule has 0 unspecified atom stereocenters. The fourth-order valence-corrected chi connectivity index (χ4v) is 3.72. The monoisotopic (exact) mass is 440 g/mol. The number of benzene rings is 2. The zero-order chi connectivity index (χ0) is 22.6. The standard InChI is InChI=1S/C24H23F3N4O/c25-24(26,27)18-11-12-22(28-17-18)30-13-6-14-31(16-15-30)23(32)20-9-4-5-10-21(20)29-19-7-2-1-3-8-19/h1-5,7-12,17,29H,6,13-16H2. The first-order chi connectivity index (χ1) is 15.4. The molecular weight excluding hydrogens is 417 g/mol. The van der Waals surface area contributed by atoms with E-state index in [0.29, 0.717) is 44.0 Å². The van der Waals surface area contributed by atoms with Crippen LogP contribution in [0, 0.1) is 0 Å². The molecule has 0 saturated carbocycles. The third-order valence-electron chi connectivity index (χ3n) is 5.39. The Balaban J connectivity index is 1.45. The number of alkyl halides is 3. The number of carbonyl (C=O) groups is 1. The van der Waals surface area contributed by atoms with Gasteiger partial charge in [-0.2, -0.15) is 13.2 Å². The first-order valence-electron chi connectivity index (χ1n) is 10.4. The molecule has 1 aromatic heterocycles. The molecule has 1 saturated heterocycles. The lowest BCUT2D eigenvalue weighted by Gasteiger charge is -2.24. The van der Waals surface area contributed by atoms with Gasteiger partial charge in [0.15, 0.2) is 0 Å². The van der Waals surface area contributed by atoms with Crippen molar-refractivity contribution in [1.29, 1.82) is 0 Å². The molecule has 4 rings (SSSR count). The van der Waals surface area contributed by atoms with Gasteiger partial charge < -0.3 is 15.1 Å². The van der Waals surface area contributed by atoms with Crippen LogP contribution in [0.5, 0.6) is 0 Å². The summed E-state index contributed by atoms with van der Waals surface area (Å²) in [7, 11) is 0. The molecule has 32 heavy (non-hydrogen) atoms. The Hall–Kier alpha value is -3.55. The number of nitrogens with zero attached hydrogens (tertiary/aromatic N) is 3. The van der Waals surface area contributed by atoms with Crippen molar-refractivity contribution in [2.24, 2.45) is 0 Å². The number of para-hydroxylation sites is 2. The maximum Gasteiger partial charge on any atom is 0.417 e. The summed E-state index contributed by atoms with van der Waals surface area (Å²) in [6.45, 7) is 2.14. The zero-order valence-electron chi connectivity index (χ0n) is 17.3. The zero-order valence-corrected chi connectivity index (χ0v) is 17.3. The van der Waals surface area contributed by atoms with Gasteiger partial charge in [0.05, 0.1) is 16.8 Å². The van der Waals surface area contributed by atoms with E-state index in [-0.39, 0.29) is 5.91 Å². The van der Waals surface area contributed by atoms with Gasteiger partial charge in [0, 0.05) is 38.1 Å². The van der Waals surface area contributed by atoms with Crippen molar-refractivity contribution in [1.82, 2.24) is 9.88 Å². The normalized spacial score (nSPS) is 14.7. The van der Waals surface area contributed by atoms with E-state index < -0.39 is 11.7 Å². The van der Waals surface area contributed by atoms with E-state index in [2.05, 4.69) is 10.3 Å². The summed E-state index contributed by atoms with van der Waals surface area (Å²) < 4.78 is 38.4. The molecule has 0 aliphatic carbocycles. The van der Waals surface area contributed by atoms with Gasteiger partial charge in [0.25, 0.3) is 5.91 Å². The van der Waals surface area contributed by atoms with E-state index in [1.54, 1.807) is 11.0 Å². The summed E-state index contributed by atoms with van der Waals surface area (Å²) in [5, 5.41) is 3.30. The summed E-state index contributed by atoms with van der Waals surface area (Å²) in [5.41, 5.74) is 1.44. The lowest BCUT2D eigenvalue weighted by molar-refractivity contribution is -0.137. The molecule has 0 spiro atoms. The van der Waals surface area contributed by atoms with Gasteiger partial charge in [-0.05, 0) is 42.8 Å². The molecule has 166 valence electrons. The van der Waals surface area contributed by atoms with E-state index in [4.69, 9.17) is 0 Å². The van der Waals surface area contributed by atoms with E-state index in [0.717, 1.165) is 23.6 Å². The van der Waals surface area contributed by atoms with Crippen molar-refractivity contribution in [3.05, 3.63) is 84.1 Å². The number of aromatic nitrogens is 1. The van der Waals surface area contributed by atoms with Crippen LogP contribution in [0.1, 0.15) is 22.3 Å². The Morgan fingerprint density at radius 1 is 0.875 bits per heavy atom. The van der Waals surface area contributed by atoms with Crippen LogP contribution in [0.3, 0.4) is 0 Å². The summed E-state index contributed by atoms with van der Waals surface area (Å²) in [6, 6.07) is 19.4. The fourth-order valence-electron chi connectivity index (χ4n) is 3.72. The molecule has 5 nitrogen and oxygen atoms in total. The van der Waals surface area contributed by atoms with Gasteiger partial charge in [-0.3, -0.25) is 4.79 Å². The SMILES string of the molecule is O=C(c1ccccc1Nc1ccccc1)N1CCCN(c2ccc(C(F)(F)F)cn2)CC1. The molecule has 0 radical (unpaired) electrons. The molecule has 0 atom stereocenters. The highest BCUT2D eigenvalue weighted by molar-refractivity contribution is 6.00. The van der Waals surface area contributed by atoms with Crippen molar-refractivity contribution in [2.75, 3.05) is 36.4 Å². The number of amides is 1. The summed E-state index contributed by atoms with van der Waals surface area (Å²) in [6.07, 6.45) is -2.86. The number of carbonyl (C=O) groups excluding carboxylic acids is 1. The van der Waals surface area contributed by atoms with Crippen LogP contribution in [-0.2, 0) is 6.18 Å². The lowest BCUT2D eigenvalue weighted by Crippen LogP contribution is -2.35. The third-order valence-corrected chi connectivity index (χ3v) is 5.39. The third kappa shape index (κ3) is 5.01. The Bertz CT molecular complexity index is 1050.